The third-order valence-corrected chi connectivity index (χ3v) is 3.83. The van der Waals surface area contributed by atoms with Crippen LogP contribution in [0.2, 0.25) is 0 Å². The number of anilines is 1. The van der Waals surface area contributed by atoms with Crippen molar-refractivity contribution in [2.45, 2.75) is 19.4 Å². The zero-order chi connectivity index (χ0) is 14.8. The van der Waals surface area contributed by atoms with Crippen molar-refractivity contribution in [3.05, 3.63) is 35.9 Å². The molecule has 0 bridgehead atoms. The van der Waals surface area contributed by atoms with Crippen molar-refractivity contribution in [1.29, 1.82) is 5.26 Å². The maximum Gasteiger partial charge on any atom is 0.242 e. The van der Waals surface area contributed by atoms with Crippen LogP contribution in [0, 0.1) is 11.3 Å². The number of fused-ring (bicyclic) bond motifs is 1. The molecule has 1 aliphatic heterocycles. The molecule has 5 nitrogen and oxygen atoms in total. The van der Waals surface area contributed by atoms with Gasteiger partial charge in [0.2, 0.25) is 5.91 Å². The number of carbonyl (C=O) groups excluding carboxylic acids is 1. The quantitative estimate of drug-likeness (QED) is 0.911. The molecule has 21 heavy (non-hydrogen) atoms. The number of hydrogen-bond donors (Lipinski definition) is 1. The lowest BCUT2D eigenvalue weighted by Crippen LogP contribution is -2.55. The molecule has 1 amide bonds. The van der Waals surface area contributed by atoms with Crippen LogP contribution >= 0.6 is 0 Å². The molecule has 1 atom stereocenters. The Morgan fingerprint density at radius 2 is 2.29 bits per heavy atom. The molecule has 0 saturated carbocycles. The van der Waals surface area contributed by atoms with Crippen LogP contribution in [-0.4, -0.2) is 30.0 Å². The minimum Gasteiger partial charge on any atom is -0.353 e. The summed E-state index contributed by atoms with van der Waals surface area (Å²) < 4.78 is 0. The Bertz CT molecular complexity index is 735. The van der Waals surface area contributed by atoms with E-state index in [4.69, 9.17) is 0 Å². The molecule has 1 aliphatic rings. The number of benzene rings is 1. The number of aromatic nitrogens is 1. The van der Waals surface area contributed by atoms with E-state index >= 15 is 0 Å². The lowest BCUT2D eigenvalue weighted by Gasteiger charge is -2.35. The number of para-hydroxylation sites is 1. The number of carbonyl (C=O) groups is 1. The highest BCUT2D eigenvalue weighted by atomic mass is 16.2. The zero-order valence-electron chi connectivity index (χ0n) is 11.8. The molecule has 1 fully saturated rings. The number of nitriles is 1. The summed E-state index contributed by atoms with van der Waals surface area (Å²) in [7, 11) is 0. The first-order chi connectivity index (χ1) is 10.2. The van der Waals surface area contributed by atoms with Gasteiger partial charge in [0, 0.05) is 18.5 Å². The minimum absolute atomic E-state index is 0.0252. The SMILES string of the molecule is CCC1C(=O)NCCN1c1cc(C#N)c2ccccc2n1. The molecule has 106 valence electrons. The van der Waals surface area contributed by atoms with E-state index in [0.29, 0.717) is 30.9 Å². The molecule has 0 radical (unpaired) electrons. The van der Waals surface area contributed by atoms with E-state index in [1.54, 1.807) is 6.07 Å². The third-order valence-electron chi connectivity index (χ3n) is 3.83. The number of nitrogens with zero attached hydrogens (tertiary/aromatic N) is 3. The molecule has 5 heteroatoms. The fraction of sp³-hybridized carbons (Fsp3) is 0.312. The van der Waals surface area contributed by atoms with Crippen molar-refractivity contribution in [2.75, 3.05) is 18.0 Å². The first kappa shape index (κ1) is 13.4. The Balaban J connectivity index is 2.12. The average molecular weight is 280 g/mol. The summed E-state index contributed by atoms with van der Waals surface area (Å²) in [5.74, 6) is 0.726. The van der Waals surface area contributed by atoms with Gasteiger partial charge in [0.25, 0.3) is 0 Å². The molecule has 1 N–H and O–H groups in total. The van der Waals surface area contributed by atoms with Crippen molar-refractivity contribution in [3.63, 3.8) is 0 Å². The number of rotatable bonds is 2. The van der Waals surface area contributed by atoms with Crippen molar-refractivity contribution in [3.8, 4) is 6.07 Å². The molecule has 0 aliphatic carbocycles. The van der Waals surface area contributed by atoms with Crippen LogP contribution in [0.1, 0.15) is 18.9 Å². The van der Waals surface area contributed by atoms with Crippen LogP contribution in [0.15, 0.2) is 30.3 Å². The van der Waals surface area contributed by atoms with E-state index in [0.717, 1.165) is 10.9 Å². The van der Waals surface area contributed by atoms with Crippen molar-refractivity contribution >= 4 is 22.6 Å². The number of piperazine rings is 1. The first-order valence-corrected chi connectivity index (χ1v) is 7.09. The summed E-state index contributed by atoms with van der Waals surface area (Å²) >= 11 is 0. The molecule has 3 rings (SSSR count). The van der Waals surface area contributed by atoms with Gasteiger partial charge < -0.3 is 10.2 Å². The fourth-order valence-corrected chi connectivity index (χ4v) is 2.80. The summed E-state index contributed by atoms with van der Waals surface area (Å²) in [6.07, 6.45) is 0.711. The van der Waals surface area contributed by atoms with Crippen molar-refractivity contribution in [1.82, 2.24) is 10.3 Å². The second-order valence-electron chi connectivity index (χ2n) is 5.07. The third kappa shape index (κ3) is 2.29. The van der Waals surface area contributed by atoms with Crippen molar-refractivity contribution < 1.29 is 4.79 Å². The van der Waals surface area contributed by atoms with Gasteiger partial charge in [-0.3, -0.25) is 4.79 Å². The van der Waals surface area contributed by atoms with Crippen LogP contribution in [0.3, 0.4) is 0 Å². The van der Waals surface area contributed by atoms with E-state index in [-0.39, 0.29) is 11.9 Å². The molecule has 2 aromatic rings. The van der Waals surface area contributed by atoms with Gasteiger partial charge in [0.15, 0.2) is 0 Å². The number of amides is 1. The predicted octanol–water partition coefficient (Wildman–Crippen LogP) is 1.82. The lowest BCUT2D eigenvalue weighted by molar-refractivity contribution is -0.123. The maximum absolute atomic E-state index is 12.0. The minimum atomic E-state index is -0.223. The van der Waals surface area contributed by atoms with E-state index in [9.17, 15) is 10.1 Å². The highest BCUT2D eigenvalue weighted by molar-refractivity contribution is 5.89. The van der Waals surface area contributed by atoms with E-state index < -0.39 is 0 Å². The van der Waals surface area contributed by atoms with E-state index in [1.807, 2.05) is 36.1 Å². The number of hydrogen-bond acceptors (Lipinski definition) is 4. The fourth-order valence-electron chi connectivity index (χ4n) is 2.80. The summed E-state index contributed by atoms with van der Waals surface area (Å²) in [6, 6.07) is 11.4. The van der Waals surface area contributed by atoms with Crippen LogP contribution in [0.4, 0.5) is 5.82 Å². The standard InChI is InChI=1S/C16H16N4O/c1-2-14-16(21)18-7-8-20(14)15-9-11(10-17)12-5-3-4-6-13(12)19-15/h3-6,9,14H,2,7-8H2,1H3,(H,18,21). The highest BCUT2D eigenvalue weighted by Gasteiger charge is 2.29. The molecule has 2 heterocycles. The van der Waals surface area contributed by atoms with Gasteiger partial charge >= 0.3 is 0 Å². The Morgan fingerprint density at radius 1 is 1.48 bits per heavy atom. The normalized spacial score (nSPS) is 18.4. The monoisotopic (exact) mass is 280 g/mol. The van der Waals surface area contributed by atoms with Crippen LogP contribution < -0.4 is 10.2 Å². The molecule has 1 aromatic carbocycles. The van der Waals surface area contributed by atoms with Gasteiger partial charge in [0.05, 0.1) is 17.1 Å². The molecular weight excluding hydrogens is 264 g/mol. The number of nitrogens with one attached hydrogen (secondary N) is 1. The summed E-state index contributed by atoms with van der Waals surface area (Å²) in [4.78, 5) is 18.6. The highest BCUT2D eigenvalue weighted by Crippen LogP contribution is 2.25. The predicted molar refractivity (Wildman–Crippen MR) is 80.9 cm³/mol. The molecule has 1 unspecified atom stereocenters. The summed E-state index contributed by atoms with van der Waals surface area (Å²) in [5, 5.41) is 13.1. The van der Waals surface area contributed by atoms with Gasteiger partial charge in [-0.1, -0.05) is 25.1 Å². The maximum atomic E-state index is 12.0. The Kier molecular flexibility index (Phi) is 3.44. The Morgan fingerprint density at radius 3 is 3.05 bits per heavy atom. The average Bonchev–Trinajstić information content (AvgIpc) is 2.53. The van der Waals surface area contributed by atoms with Crippen LogP contribution in [-0.2, 0) is 4.79 Å². The Labute approximate surface area is 123 Å². The van der Waals surface area contributed by atoms with Crippen molar-refractivity contribution in [2.24, 2.45) is 0 Å². The van der Waals surface area contributed by atoms with Gasteiger partial charge in [0.1, 0.15) is 11.9 Å². The molecule has 1 aromatic heterocycles. The van der Waals surface area contributed by atoms with Gasteiger partial charge in [-0.05, 0) is 18.6 Å². The van der Waals surface area contributed by atoms with Crippen LogP contribution in [0.5, 0.6) is 0 Å². The second-order valence-corrected chi connectivity index (χ2v) is 5.07. The van der Waals surface area contributed by atoms with Gasteiger partial charge in [-0.2, -0.15) is 5.26 Å². The first-order valence-electron chi connectivity index (χ1n) is 7.09. The second kappa shape index (κ2) is 5.41. The van der Waals surface area contributed by atoms with Gasteiger partial charge in [-0.25, -0.2) is 4.98 Å². The topological polar surface area (TPSA) is 69.0 Å². The molecule has 0 spiro atoms. The lowest BCUT2D eigenvalue weighted by atomic mass is 10.1. The summed E-state index contributed by atoms with van der Waals surface area (Å²) in [5.41, 5.74) is 1.38. The Hall–Kier alpha value is -2.61. The molecular formula is C16H16N4O. The van der Waals surface area contributed by atoms with Gasteiger partial charge in [-0.15, -0.1) is 0 Å². The molecule has 1 saturated heterocycles. The van der Waals surface area contributed by atoms with E-state index in [2.05, 4.69) is 16.4 Å². The zero-order valence-corrected chi connectivity index (χ0v) is 11.8. The smallest absolute Gasteiger partial charge is 0.242 e. The van der Waals surface area contributed by atoms with E-state index in [1.165, 1.54) is 0 Å². The number of pyridine rings is 1. The van der Waals surface area contributed by atoms with Crippen LogP contribution in [0.25, 0.3) is 10.9 Å². The largest absolute Gasteiger partial charge is 0.353 e. The summed E-state index contributed by atoms with van der Waals surface area (Å²) in [6.45, 7) is 3.29.